The molecule has 1 aliphatic heterocycles. The van der Waals surface area contributed by atoms with Crippen molar-refractivity contribution in [1.82, 2.24) is 5.32 Å². The number of carbonyl (C=O) groups excluding carboxylic acids is 2. The summed E-state index contributed by atoms with van der Waals surface area (Å²) in [6.45, 7) is 6.86. The van der Waals surface area contributed by atoms with E-state index in [1.165, 1.54) is 14.0 Å². The molecular weight excluding hydrogens is 378 g/mol. The highest BCUT2D eigenvalue weighted by molar-refractivity contribution is 5.76. The number of hydrogen-bond acceptors (Lipinski definition) is 7. The van der Waals surface area contributed by atoms with Gasteiger partial charge in [-0.15, -0.1) is 0 Å². The Hall–Kier alpha value is -2.00. The second kappa shape index (κ2) is 10.2. The normalized spacial score (nSPS) is 27.3. The molecule has 2 N–H and O–H groups in total. The summed E-state index contributed by atoms with van der Waals surface area (Å²) in [5, 5.41) is 13.5. The zero-order chi connectivity index (χ0) is 21.6. The minimum atomic E-state index is -1.21. The lowest BCUT2D eigenvalue weighted by Crippen LogP contribution is -2.65. The van der Waals surface area contributed by atoms with Gasteiger partial charge in [-0.3, -0.25) is 9.59 Å². The fourth-order valence-electron chi connectivity index (χ4n) is 2.95. The van der Waals surface area contributed by atoms with E-state index in [-0.39, 0.29) is 12.5 Å². The second-order valence-electron chi connectivity index (χ2n) is 8.12. The van der Waals surface area contributed by atoms with Crippen molar-refractivity contribution in [3.8, 4) is 0 Å². The lowest BCUT2D eigenvalue weighted by molar-refractivity contribution is -0.271. The fourth-order valence-corrected chi connectivity index (χ4v) is 2.95. The van der Waals surface area contributed by atoms with Crippen molar-refractivity contribution in [1.29, 1.82) is 0 Å². The lowest BCUT2D eigenvalue weighted by atomic mass is 9.94. The molecule has 5 atom stereocenters. The summed E-state index contributed by atoms with van der Waals surface area (Å²) in [4.78, 5) is 24.1. The molecule has 0 aliphatic carbocycles. The summed E-state index contributed by atoms with van der Waals surface area (Å²) >= 11 is 0. The number of methoxy groups -OCH3 is 1. The summed E-state index contributed by atoms with van der Waals surface area (Å²) in [5.41, 5.74) is 0.202. The first-order valence-electron chi connectivity index (χ1n) is 9.59. The summed E-state index contributed by atoms with van der Waals surface area (Å²) in [5.74, 6) is -0.860. The fraction of sp³-hybridized carbons (Fsp3) is 0.619. The van der Waals surface area contributed by atoms with Crippen LogP contribution in [-0.4, -0.2) is 61.3 Å². The van der Waals surface area contributed by atoms with Crippen LogP contribution >= 0.6 is 0 Å². The average molecular weight is 409 g/mol. The molecule has 8 nitrogen and oxygen atoms in total. The summed E-state index contributed by atoms with van der Waals surface area (Å²) in [6.07, 6.45) is -3.97. The molecule has 1 amide bonds. The van der Waals surface area contributed by atoms with E-state index in [1.54, 1.807) is 20.8 Å². The lowest BCUT2D eigenvalue weighted by Gasteiger charge is -2.44. The van der Waals surface area contributed by atoms with Crippen LogP contribution in [0.2, 0.25) is 0 Å². The Balaban J connectivity index is 2.13. The van der Waals surface area contributed by atoms with Gasteiger partial charge in [0.1, 0.15) is 18.2 Å². The third kappa shape index (κ3) is 6.50. The van der Waals surface area contributed by atoms with E-state index in [9.17, 15) is 14.7 Å². The Labute approximate surface area is 171 Å². The number of amides is 1. The number of aliphatic hydroxyl groups excluding tert-OH is 1. The van der Waals surface area contributed by atoms with Crippen molar-refractivity contribution in [2.75, 3.05) is 13.7 Å². The van der Waals surface area contributed by atoms with Crippen molar-refractivity contribution in [3.63, 3.8) is 0 Å². The Morgan fingerprint density at radius 2 is 1.86 bits per heavy atom. The molecule has 1 aromatic carbocycles. The highest BCUT2D eigenvalue weighted by Crippen LogP contribution is 2.27. The number of rotatable bonds is 7. The average Bonchev–Trinajstić information content (AvgIpc) is 2.66. The van der Waals surface area contributed by atoms with Crippen LogP contribution in [0, 0.1) is 5.41 Å². The quantitative estimate of drug-likeness (QED) is 0.656. The monoisotopic (exact) mass is 409 g/mol. The minimum Gasteiger partial charge on any atom is -0.457 e. The molecule has 0 aromatic heterocycles. The van der Waals surface area contributed by atoms with Crippen molar-refractivity contribution >= 4 is 11.9 Å². The maximum Gasteiger partial charge on any atom is 0.311 e. The molecular formula is C21H31NO7. The molecule has 8 heteroatoms. The zero-order valence-corrected chi connectivity index (χ0v) is 17.6. The maximum absolute atomic E-state index is 12.5. The number of benzene rings is 1. The van der Waals surface area contributed by atoms with E-state index >= 15 is 0 Å². The van der Waals surface area contributed by atoms with Crippen LogP contribution in [0.4, 0.5) is 0 Å². The van der Waals surface area contributed by atoms with Crippen molar-refractivity contribution in [3.05, 3.63) is 35.9 Å². The van der Waals surface area contributed by atoms with Gasteiger partial charge in [-0.05, 0) is 26.3 Å². The number of ether oxygens (including phenoxy) is 4. The number of nitrogens with one attached hydrogen (secondary N) is 1. The van der Waals surface area contributed by atoms with E-state index < -0.39 is 42.0 Å². The van der Waals surface area contributed by atoms with E-state index in [1.807, 2.05) is 30.3 Å². The summed E-state index contributed by atoms with van der Waals surface area (Å²) in [7, 11) is 1.42. The van der Waals surface area contributed by atoms with Crippen LogP contribution in [0.3, 0.4) is 0 Å². The molecule has 0 saturated carbocycles. The number of carbonyl (C=O) groups is 2. The van der Waals surface area contributed by atoms with Gasteiger partial charge in [0, 0.05) is 14.0 Å². The third-order valence-corrected chi connectivity index (χ3v) is 4.53. The minimum absolute atomic E-state index is 0.0618. The first-order valence-corrected chi connectivity index (χ1v) is 9.59. The molecule has 1 saturated heterocycles. The molecule has 1 fully saturated rings. The smallest absolute Gasteiger partial charge is 0.311 e. The van der Waals surface area contributed by atoms with Gasteiger partial charge in [0.15, 0.2) is 12.4 Å². The van der Waals surface area contributed by atoms with Gasteiger partial charge in [-0.25, -0.2) is 0 Å². The van der Waals surface area contributed by atoms with E-state index in [0.717, 1.165) is 5.56 Å². The van der Waals surface area contributed by atoms with Gasteiger partial charge >= 0.3 is 5.97 Å². The van der Waals surface area contributed by atoms with Crippen molar-refractivity contribution in [2.24, 2.45) is 5.41 Å². The zero-order valence-electron chi connectivity index (χ0n) is 17.6. The standard InChI is InChI=1S/C21H31NO7/c1-13(23)22-16-18(29-20(25)21(2,3)4)17(24)15(28-19(16)26-5)12-27-11-14-9-7-6-8-10-14/h6-10,15-19,24H,11-12H2,1-5H3,(H,22,23)/t15-,16-,17-,18-,19+/m1/s1. The van der Waals surface area contributed by atoms with Crippen LogP contribution in [0.15, 0.2) is 30.3 Å². The number of hydrogen-bond donors (Lipinski definition) is 2. The van der Waals surface area contributed by atoms with Crippen molar-refractivity contribution in [2.45, 2.75) is 64.9 Å². The Bertz CT molecular complexity index is 673. The SMILES string of the molecule is CO[C@H]1O[C@H](COCc2ccccc2)[C@@H](O)[C@H](OC(=O)C(C)(C)C)[C@H]1NC(C)=O. The van der Waals surface area contributed by atoms with Gasteiger partial charge in [0.05, 0.1) is 18.6 Å². The van der Waals surface area contributed by atoms with E-state index in [0.29, 0.717) is 6.61 Å². The van der Waals surface area contributed by atoms with Crippen LogP contribution in [0.1, 0.15) is 33.3 Å². The third-order valence-electron chi connectivity index (χ3n) is 4.53. The predicted molar refractivity (Wildman–Crippen MR) is 105 cm³/mol. The molecule has 1 aromatic rings. The molecule has 162 valence electrons. The molecule has 0 spiro atoms. The van der Waals surface area contributed by atoms with Crippen LogP contribution in [0.25, 0.3) is 0 Å². The van der Waals surface area contributed by atoms with Crippen molar-refractivity contribution < 1.29 is 33.6 Å². The summed E-state index contributed by atoms with van der Waals surface area (Å²) < 4.78 is 22.4. The van der Waals surface area contributed by atoms with Gasteiger partial charge in [0.25, 0.3) is 0 Å². The Morgan fingerprint density at radius 3 is 2.41 bits per heavy atom. The van der Waals surface area contributed by atoms with Gasteiger partial charge in [0.2, 0.25) is 5.91 Å². The molecule has 1 aliphatic rings. The maximum atomic E-state index is 12.5. The van der Waals surface area contributed by atoms with Crippen LogP contribution in [0.5, 0.6) is 0 Å². The Morgan fingerprint density at radius 1 is 1.21 bits per heavy atom. The first kappa shape index (κ1) is 23.3. The number of esters is 1. The molecule has 1 heterocycles. The topological polar surface area (TPSA) is 103 Å². The van der Waals surface area contributed by atoms with Gasteiger partial charge in [-0.2, -0.15) is 0 Å². The van der Waals surface area contributed by atoms with Gasteiger partial charge in [-0.1, -0.05) is 30.3 Å². The molecule has 0 radical (unpaired) electrons. The van der Waals surface area contributed by atoms with Crippen LogP contribution < -0.4 is 5.32 Å². The summed E-state index contributed by atoms with van der Waals surface area (Å²) in [6, 6.07) is 8.73. The molecule has 0 unspecified atom stereocenters. The van der Waals surface area contributed by atoms with E-state index in [4.69, 9.17) is 18.9 Å². The highest BCUT2D eigenvalue weighted by Gasteiger charge is 2.49. The second-order valence-corrected chi connectivity index (χ2v) is 8.12. The number of aliphatic hydroxyl groups is 1. The highest BCUT2D eigenvalue weighted by atomic mass is 16.7. The molecule has 29 heavy (non-hydrogen) atoms. The van der Waals surface area contributed by atoms with Crippen LogP contribution in [-0.2, 0) is 35.1 Å². The predicted octanol–water partition coefficient (Wildman–Crippen LogP) is 1.40. The molecule has 0 bridgehead atoms. The molecule has 2 rings (SSSR count). The van der Waals surface area contributed by atoms with E-state index in [2.05, 4.69) is 5.32 Å². The Kier molecular flexibility index (Phi) is 8.15. The first-order chi connectivity index (χ1) is 13.6. The largest absolute Gasteiger partial charge is 0.457 e. The van der Waals surface area contributed by atoms with Gasteiger partial charge < -0.3 is 29.4 Å².